The second kappa shape index (κ2) is 12.5. The minimum atomic E-state index is -0.411. The van der Waals surface area contributed by atoms with Crippen molar-refractivity contribution in [3.05, 3.63) is 102 Å². The molecule has 0 saturated carbocycles. The molecule has 1 aliphatic heterocycles. The van der Waals surface area contributed by atoms with Gasteiger partial charge in [-0.05, 0) is 83.9 Å². The molecular weight excluding hydrogens is 559 g/mol. The van der Waals surface area contributed by atoms with E-state index >= 15 is 0 Å². The van der Waals surface area contributed by atoms with Crippen molar-refractivity contribution in [1.29, 1.82) is 0 Å². The summed E-state index contributed by atoms with van der Waals surface area (Å²) >= 11 is 0. The molecule has 2 N–H and O–H groups in total. The molecule has 9 nitrogen and oxygen atoms in total. The summed E-state index contributed by atoms with van der Waals surface area (Å²) in [6.07, 6.45) is 0. The van der Waals surface area contributed by atoms with Gasteiger partial charge in [0, 0.05) is 55.1 Å². The number of carbonyl (C=O) groups is 2. The molecule has 5 aromatic rings. The van der Waals surface area contributed by atoms with Crippen LogP contribution < -0.4 is 15.5 Å². The van der Waals surface area contributed by atoms with Crippen LogP contribution in [-0.4, -0.2) is 67.2 Å². The summed E-state index contributed by atoms with van der Waals surface area (Å²) in [7, 11) is 3.38. The van der Waals surface area contributed by atoms with E-state index in [-0.39, 0.29) is 11.7 Å². The van der Waals surface area contributed by atoms with E-state index in [1.807, 2.05) is 36.4 Å². The number of carbonyl (C=O) groups excluding carboxylic acids is 2. The Kier molecular flexibility index (Phi) is 8.16. The number of hydrogen-bond donors (Lipinski definition) is 2. The number of halogens is 1. The van der Waals surface area contributed by atoms with Crippen molar-refractivity contribution in [2.45, 2.75) is 0 Å². The van der Waals surface area contributed by atoms with Gasteiger partial charge in [0.25, 0.3) is 5.91 Å². The average molecular weight is 591 g/mol. The van der Waals surface area contributed by atoms with Crippen molar-refractivity contribution in [3.8, 4) is 22.5 Å². The highest BCUT2D eigenvalue weighted by Gasteiger charge is 2.19. The highest BCUT2D eigenvalue weighted by Crippen LogP contribution is 2.32. The van der Waals surface area contributed by atoms with Crippen LogP contribution in [0.4, 0.5) is 26.4 Å². The summed E-state index contributed by atoms with van der Waals surface area (Å²) in [6.45, 7) is 2.65. The van der Waals surface area contributed by atoms with Gasteiger partial charge in [-0.3, -0.25) is 4.79 Å². The van der Waals surface area contributed by atoms with E-state index in [9.17, 15) is 14.0 Å². The van der Waals surface area contributed by atoms with Gasteiger partial charge in [-0.1, -0.05) is 18.2 Å². The standard InChI is InChI=1S/C34H31FN6O3/c1-40(2)33(42)23-8-13-28(14-9-23)37-34(43)36-27-11-6-22(7-12-27)31-38-30-21-25(24-4-3-5-26(35)20-24)10-15-29(30)32(39-31)41-16-18-44-19-17-41/h3-15,20-21H,16-19H2,1-2H3,(H2,36,37,43). The third kappa shape index (κ3) is 6.35. The Labute approximate surface area is 254 Å². The van der Waals surface area contributed by atoms with Crippen molar-refractivity contribution in [3.63, 3.8) is 0 Å². The maximum Gasteiger partial charge on any atom is 0.323 e. The molecule has 0 spiro atoms. The number of nitrogens with one attached hydrogen (secondary N) is 2. The number of benzene rings is 4. The third-order valence-corrected chi connectivity index (χ3v) is 7.34. The first-order valence-electron chi connectivity index (χ1n) is 14.2. The quantitative estimate of drug-likeness (QED) is 0.241. The van der Waals surface area contributed by atoms with Crippen LogP contribution >= 0.6 is 0 Å². The number of hydrogen-bond acceptors (Lipinski definition) is 6. The second-order valence-electron chi connectivity index (χ2n) is 10.6. The lowest BCUT2D eigenvalue weighted by molar-refractivity contribution is 0.0827. The molecule has 0 unspecified atom stereocenters. The van der Waals surface area contributed by atoms with Crippen molar-refractivity contribution in [2.24, 2.45) is 0 Å². The average Bonchev–Trinajstić information content (AvgIpc) is 3.04. The number of rotatable bonds is 6. The van der Waals surface area contributed by atoms with Crippen LogP contribution in [0, 0.1) is 5.82 Å². The minimum Gasteiger partial charge on any atom is -0.378 e. The fourth-order valence-corrected chi connectivity index (χ4v) is 5.06. The Hall–Kier alpha value is -5.35. The molecule has 44 heavy (non-hydrogen) atoms. The highest BCUT2D eigenvalue weighted by atomic mass is 19.1. The minimum absolute atomic E-state index is 0.111. The lowest BCUT2D eigenvalue weighted by Crippen LogP contribution is -2.37. The van der Waals surface area contributed by atoms with Gasteiger partial charge < -0.3 is 25.2 Å². The predicted octanol–water partition coefficient (Wildman–Crippen LogP) is 6.29. The first-order chi connectivity index (χ1) is 21.3. The van der Waals surface area contributed by atoms with Crippen LogP contribution in [0.25, 0.3) is 33.4 Å². The van der Waals surface area contributed by atoms with E-state index in [0.717, 1.165) is 33.4 Å². The van der Waals surface area contributed by atoms with Gasteiger partial charge in [0.1, 0.15) is 11.6 Å². The number of fused-ring (bicyclic) bond motifs is 1. The van der Waals surface area contributed by atoms with E-state index in [4.69, 9.17) is 14.7 Å². The zero-order valence-corrected chi connectivity index (χ0v) is 24.4. The normalized spacial score (nSPS) is 13.0. The predicted molar refractivity (Wildman–Crippen MR) is 171 cm³/mol. The van der Waals surface area contributed by atoms with Crippen molar-refractivity contribution in [2.75, 3.05) is 55.9 Å². The molecule has 222 valence electrons. The fraction of sp³-hybridized carbons (Fsp3) is 0.176. The van der Waals surface area contributed by atoms with Gasteiger partial charge in [0.15, 0.2) is 5.82 Å². The Bertz CT molecular complexity index is 1820. The highest BCUT2D eigenvalue weighted by molar-refractivity contribution is 6.00. The molecule has 0 radical (unpaired) electrons. The molecule has 4 aromatic carbocycles. The summed E-state index contributed by atoms with van der Waals surface area (Å²) in [5.41, 5.74) is 4.85. The second-order valence-corrected chi connectivity index (χ2v) is 10.6. The number of anilines is 3. The smallest absolute Gasteiger partial charge is 0.323 e. The number of urea groups is 1. The van der Waals surface area contributed by atoms with Gasteiger partial charge in [-0.2, -0.15) is 0 Å². The largest absolute Gasteiger partial charge is 0.378 e. The van der Waals surface area contributed by atoms with Crippen molar-refractivity contribution in [1.82, 2.24) is 14.9 Å². The molecular formula is C34H31FN6O3. The van der Waals surface area contributed by atoms with Gasteiger partial charge in [-0.25, -0.2) is 19.2 Å². The lowest BCUT2D eigenvalue weighted by atomic mass is 10.0. The van der Waals surface area contributed by atoms with Crippen LogP contribution in [0.15, 0.2) is 91.0 Å². The summed E-state index contributed by atoms with van der Waals surface area (Å²) in [4.78, 5) is 38.3. The topological polar surface area (TPSA) is 99.7 Å². The molecule has 1 fully saturated rings. The number of amides is 3. The van der Waals surface area contributed by atoms with Gasteiger partial charge in [0.2, 0.25) is 0 Å². The van der Waals surface area contributed by atoms with Crippen molar-refractivity contribution >= 4 is 40.0 Å². The number of morpholine rings is 1. The third-order valence-electron chi connectivity index (χ3n) is 7.34. The lowest BCUT2D eigenvalue weighted by Gasteiger charge is -2.29. The van der Waals surface area contributed by atoms with Crippen molar-refractivity contribution < 1.29 is 18.7 Å². The Morgan fingerprint density at radius 2 is 1.43 bits per heavy atom. The fourth-order valence-electron chi connectivity index (χ4n) is 5.06. The number of ether oxygens (including phenoxy) is 1. The molecule has 6 rings (SSSR count). The van der Waals surface area contributed by atoms with Crippen LogP contribution in [-0.2, 0) is 4.74 Å². The molecule has 0 atom stereocenters. The summed E-state index contributed by atoms with van der Waals surface area (Å²) in [5, 5.41) is 6.52. The van der Waals surface area contributed by atoms with Gasteiger partial charge >= 0.3 is 6.03 Å². The molecule has 0 bridgehead atoms. The van der Waals surface area contributed by atoms with E-state index in [0.29, 0.717) is 49.1 Å². The molecule has 2 heterocycles. The Morgan fingerprint density at radius 1 is 0.795 bits per heavy atom. The Balaban J connectivity index is 1.24. The zero-order valence-electron chi connectivity index (χ0n) is 24.4. The first kappa shape index (κ1) is 28.8. The van der Waals surface area contributed by atoms with E-state index in [1.54, 1.807) is 56.6 Å². The number of nitrogens with zero attached hydrogens (tertiary/aromatic N) is 4. The van der Waals surface area contributed by atoms with E-state index in [1.165, 1.54) is 17.0 Å². The molecule has 1 aliphatic rings. The Morgan fingerprint density at radius 3 is 2.09 bits per heavy atom. The van der Waals surface area contributed by atoms with Crippen LogP contribution in [0.1, 0.15) is 10.4 Å². The molecule has 0 aliphatic carbocycles. The zero-order chi connectivity index (χ0) is 30.6. The maximum absolute atomic E-state index is 14.0. The van der Waals surface area contributed by atoms with Crippen LogP contribution in [0.2, 0.25) is 0 Å². The van der Waals surface area contributed by atoms with Gasteiger partial charge in [0.05, 0.1) is 18.7 Å². The molecule has 1 aromatic heterocycles. The molecule has 3 amide bonds. The van der Waals surface area contributed by atoms with Gasteiger partial charge in [-0.15, -0.1) is 0 Å². The summed E-state index contributed by atoms with van der Waals surface area (Å²) in [6, 6.07) is 26.0. The first-order valence-corrected chi connectivity index (χ1v) is 14.2. The SMILES string of the molecule is CN(C)C(=O)c1ccc(NC(=O)Nc2ccc(-c3nc(N4CCOCC4)c4ccc(-c5cccc(F)c5)cc4n3)cc2)cc1. The van der Waals surface area contributed by atoms with Crippen LogP contribution in [0.5, 0.6) is 0 Å². The maximum atomic E-state index is 14.0. The summed E-state index contributed by atoms with van der Waals surface area (Å²) in [5.74, 6) is 0.954. The molecule has 10 heteroatoms. The van der Waals surface area contributed by atoms with Crippen LogP contribution in [0.3, 0.4) is 0 Å². The molecule has 1 saturated heterocycles. The van der Waals surface area contributed by atoms with E-state index in [2.05, 4.69) is 15.5 Å². The number of aromatic nitrogens is 2. The van der Waals surface area contributed by atoms with E-state index < -0.39 is 6.03 Å². The monoisotopic (exact) mass is 590 g/mol. The summed E-state index contributed by atoms with van der Waals surface area (Å²) < 4.78 is 19.5.